The summed E-state index contributed by atoms with van der Waals surface area (Å²) in [7, 11) is 0. The molecule has 17 heavy (non-hydrogen) atoms. The van der Waals surface area contributed by atoms with Crippen molar-refractivity contribution in [1.29, 1.82) is 0 Å². The summed E-state index contributed by atoms with van der Waals surface area (Å²) >= 11 is 0. The van der Waals surface area contributed by atoms with Gasteiger partial charge >= 0.3 is 6.03 Å². The first-order valence-electron chi connectivity index (χ1n) is 6.13. The van der Waals surface area contributed by atoms with E-state index in [2.05, 4.69) is 28.1 Å². The van der Waals surface area contributed by atoms with E-state index in [-0.39, 0.29) is 12.1 Å². The highest BCUT2D eigenvalue weighted by molar-refractivity contribution is 5.74. The van der Waals surface area contributed by atoms with Crippen molar-refractivity contribution in [3.8, 4) is 0 Å². The summed E-state index contributed by atoms with van der Waals surface area (Å²) < 4.78 is 0. The first kappa shape index (κ1) is 11.9. The summed E-state index contributed by atoms with van der Waals surface area (Å²) in [6, 6.07) is 10.4. The highest BCUT2D eigenvalue weighted by atomic mass is 16.2. The molecule has 1 saturated heterocycles. The summed E-state index contributed by atoms with van der Waals surface area (Å²) in [4.78, 5) is 11.5. The lowest BCUT2D eigenvalue weighted by Crippen LogP contribution is -2.43. The van der Waals surface area contributed by atoms with Crippen molar-refractivity contribution >= 4 is 6.03 Å². The molecule has 1 aliphatic rings. The van der Waals surface area contributed by atoms with Crippen LogP contribution in [0, 0.1) is 0 Å². The summed E-state index contributed by atoms with van der Waals surface area (Å²) in [6.07, 6.45) is 1.89. The van der Waals surface area contributed by atoms with Gasteiger partial charge in [0.2, 0.25) is 0 Å². The minimum absolute atomic E-state index is 0.0605. The molecular weight excluding hydrogens is 214 g/mol. The van der Waals surface area contributed by atoms with Crippen LogP contribution in [0.2, 0.25) is 0 Å². The average Bonchev–Trinajstić information content (AvgIpc) is 2.83. The molecule has 1 atom stereocenters. The Morgan fingerprint density at radius 3 is 2.88 bits per heavy atom. The van der Waals surface area contributed by atoms with Gasteiger partial charge in [-0.25, -0.2) is 4.79 Å². The number of hydrogen-bond donors (Lipinski definition) is 3. The first-order valence-corrected chi connectivity index (χ1v) is 6.13. The second-order valence-electron chi connectivity index (χ2n) is 4.33. The topological polar surface area (TPSA) is 53.2 Å². The molecule has 1 aromatic rings. The molecule has 0 spiro atoms. The fourth-order valence-electron chi connectivity index (χ4n) is 1.98. The lowest BCUT2D eigenvalue weighted by molar-refractivity contribution is 0.238. The Hall–Kier alpha value is -1.55. The number of urea groups is 1. The predicted octanol–water partition coefficient (Wildman–Crippen LogP) is 0.890. The van der Waals surface area contributed by atoms with Gasteiger partial charge < -0.3 is 16.0 Å². The third-order valence-electron chi connectivity index (χ3n) is 2.94. The quantitative estimate of drug-likeness (QED) is 0.723. The SMILES string of the molecule is O=C(NCCc1ccccc1)N[C@H]1CCNC1. The van der Waals surface area contributed by atoms with E-state index >= 15 is 0 Å². The molecule has 0 bridgehead atoms. The van der Waals surface area contributed by atoms with Crippen molar-refractivity contribution in [3.05, 3.63) is 35.9 Å². The smallest absolute Gasteiger partial charge is 0.315 e. The molecule has 0 radical (unpaired) electrons. The van der Waals surface area contributed by atoms with Crippen LogP contribution in [0.25, 0.3) is 0 Å². The van der Waals surface area contributed by atoms with Crippen LogP contribution >= 0.6 is 0 Å². The van der Waals surface area contributed by atoms with Gasteiger partial charge in [0, 0.05) is 19.1 Å². The van der Waals surface area contributed by atoms with E-state index < -0.39 is 0 Å². The van der Waals surface area contributed by atoms with Gasteiger partial charge in [0.15, 0.2) is 0 Å². The number of benzene rings is 1. The van der Waals surface area contributed by atoms with Crippen LogP contribution in [-0.2, 0) is 6.42 Å². The van der Waals surface area contributed by atoms with E-state index in [9.17, 15) is 4.79 Å². The van der Waals surface area contributed by atoms with Crippen molar-refractivity contribution in [2.24, 2.45) is 0 Å². The molecule has 4 nitrogen and oxygen atoms in total. The molecule has 2 rings (SSSR count). The van der Waals surface area contributed by atoms with Crippen molar-refractivity contribution < 1.29 is 4.79 Å². The summed E-state index contributed by atoms with van der Waals surface area (Å²) in [5.74, 6) is 0. The van der Waals surface area contributed by atoms with E-state index in [1.807, 2.05) is 18.2 Å². The standard InChI is InChI=1S/C13H19N3O/c17-13(16-12-7-8-14-10-12)15-9-6-11-4-2-1-3-5-11/h1-5,12,14H,6-10H2,(H2,15,16,17)/t12-/m0/s1. The number of hydrogen-bond acceptors (Lipinski definition) is 2. The van der Waals surface area contributed by atoms with Gasteiger partial charge in [-0.1, -0.05) is 30.3 Å². The third kappa shape index (κ3) is 4.07. The van der Waals surface area contributed by atoms with Crippen molar-refractivity contribution in [1.82, 2.24) is 16.0 Å². The zero-order valence-corrected chi connectivity index (χ0v) is 9.91. The van der Waals surface area contributed by atoms with Crippen molar-refractivity contribution in [2.45, 2.75) is 18.9 Å². The molecule has 1 fully saturated rings. The van der Waals surface area contributed by atoms with Gasteiger partial charge in [0.05, 0.1) is 0 Å². The average molecular weight is 233 g/mol. The van der Waals surface area contributed by atoms with Crippen LogP contribution in [0.1, 0.15) is 12.0 Å². The number of amides is 2. The predicted molar refractivity (Wildman–Crippen MR) is 68.0 cm³/mol. The van der Waals surface area contributed by atoms with Gasteiger partial charge in [-0.05, 0) is 24.9 Å². The number of carbonyl (C=O) groups excluding carboxylic acids is 1. The molecular formula is C13H19N3O. The Balaban J connectivity index is 1.63. The second kappa shape index (κ2) is 6.25. The number of carbonyl (C=O) groups is 1. The van der Waals surface area contributed by atoms with Crippen LogP contribution in [0.15, 0.2) is 30.3 Å². The van der Waals surface area contributed by atoms with Crippen LogP contribution in [-0.4, -0.2) is 31.7 Å². The minimum atomic E-state index is -0.0605. The Kier molecular flexibility index (Phi) is 4.38. The highest BCUT2D eigenvalue weighted by Crippen LogP contribution is 1.98. The van der Waals surface area contributed by atoms with E-state index in [1.165, 1.54) is 5.56 Å². The van der Waals surface area contributed by atoms with Crippen molar-refractivity contribution in [3.63, 3.8) is 0 Å². The molecule has 0 aromatic heterocycles. The minimum Gasteiger partial charge on any atom is -0.338 e. The monoisotopic (exact) mass is 233 g/mol. The van der Waals surface area contributed by atoms with Gasteiger partial charge in [0.1, 0.15) is 0 Å². The van der Waals surface area contributed by atoms with Crippen LogP contribution in [0.5, 0.6) is 0 Å². The molecule has 2 amide bonds. The summed E-state index contributed by atoms with van der Waals surface area (Å²) in [5, 5.41) is 9.05. The third-order valence-corrected chi connectivity index (χ3v) is 2.94. The van der Waals surface area contributed by atoms with Crippen LogP contribution in [0.3, 0.4) is 0 Å². The maximum atomic E-state index is 11.5. The zero-order chi connectivity index (χ0) is 11.9. The molecule has 0 saturated carbocycles. The Labute approximate surface area is 102 Å². The maximum Gasteiger partial charge on any atom is 0.315 e. The molecule has 1 aliphatic heterocycles. The molecule has 1 aromatic carbocycles. The maximum absolute atomic E-state index is 11.5. The lowest BCUT2D eigenvalue weighted by atomic mass is 10.1. The van der Waals surface area contributed by atoms with E-state index in [0.717, 1.165) is 25.9 Å². The van der Waals surface area contributed by atoms with Gasteiger partial charge in [0.25, 0.3) is 0 Å². The fraction of sp³-hybridized carbons (Fsp3) is 0.462. The molecule has 3 N–H and O–H groups in total. The Morgan fingerprint density at radius 1 is 1.35 bits per heavy atom. The largest absolute Gasteiger partial charge is 0.338 e. The van der Waals surface area contributed by atoms with Gasteiger partial charge in [-0.15, -0.1) is 0 Å². The van der Waals surface area contributed by atoms with Crippen molar-refractivity contribution in [2.75, 3.05) is 19.6 Å². The first-order chi connectivity index (χ1) is 8.34. The summed E-state index contributed by atoms with van der Waals surface area (Å²) in [6.45, 7) is 2.55. The van der Waals surface area contributed by atoms with E-state index in [4.69, 9.17) is 0 Å². The van der Waals surface area contributed by atoms with Gasteiger partial charge in [-0.3, -0.25) is 0 Å². The van der Waals surface area contributed by atoms with E-state index in [0.29, 0.717) is 6.54 Å². The molecule has 0 aliphatic carbocycles. The lowest BCUT2D eigenvalue weighted by Gasteiger charge is -2.12. The zero-order valence-electron chi connectivity index (χ0n) is 9.91. The fourth-order valence-corrected chi connectivity index (χ4v) is 1.98. The van der Waals surface area contributed by atoms with Gasteiger partial charge in [-0.2, -0.15) is 0 Å². The summed E-state index contributed by atoms with van der Waals surface area (Å²) in [5.41, 5.74) is 1.25. The highest BCUT2D eigenvalue weighted by Gasteiger charge is 2.15. The Morgan fingerprint density at radius 2 is 2.18 bits per heavy atom. The normalized spacial score (nSPS) is 18.9. The number of rotatable bonds is 4. The molecule has 1 heterocycles. The van der Waals surface area contributed by atoms with Crippen LogP contribution < -0.4 is 16.0 Å². The molecule has 92 valence electrons. The second-order valence-corrected chi connectivity index (χ2v) is 4.33. The number of nitrogens with one attached hydrogen (secondary N) is 3. The van der Waals surface area contributed by atoms with Crippen LogP contribution in [0.4, 0.5) is 4.79 Å². The van der Waals surface area contributed by atoms with E-state index in [1.54, 1.807) is 0 Å². The Bertz CT molecular complexity index is 347. The molecule has 0 unspecified atom stereocenters. The molecule has 4 heteroatoms.